The lowest BCUT2D eigenvalue weighted by Crippen LogP contribution is -2.28. The number of pyridine rings is 1. The molecule has 1 aromatic heterocycles. The number of benzene rings is 1. The zero-order valence-electron chi connectivity index (χ0n) is 13.1. The predicted molar refractivity (Wildman–Crippen MR) is 95.0 cm³/mol. The summed E-state index contributed by atoms with van der Waals surface area (Å²) in [5.74, 6) is 1.59. The largest absolute Gasteiger partial charge is 0.366 e. The van der Waals surface area contributed by atoms with Gasteiger partial charge in [-0.1, -0.05) is 37.3 Å². The number of likely N-dealkylation sites (tertiary alicyclic amines) is 1. The second-order valence-corrected chi connectivity index (χ2v) is 7.08. The highest BCUT2D eigenvalue weighted by Gasteiger charge is 2.29. The van der Waals surface area contributed by atoms with Crippen molar-refractivity contribution >= 4 is 21.7 Å². The van der Waals surface area contributed by atoms with Gasteiger partial charge in [-0.05, 0) is 46.0 Å². The van der Waals surface area contributed by atoms with Crippen LogP contribution in [-0.4, -0.2) is 29.0 Å². The summed E-state index contributed by atoms with van der Waals surface area (Å²) < 4.78 is 1.06. The molecule has 1 aliphatic heterocycles. The van der Waals surface area contributed by atoms with Crippen LogP contribution in [0.1, 0.15) is 18.1 Å². The smallest absolute Gasteiger partial charge is 0.126 e. The van der Waals surface area contributed by atoms with E-state index in [-0.39, 0.29) is 0 Å². The summed E-state index contributed by atoms with van der Waals surface area (Å²) in [6.07, 6.45) is 1.87. The van der Waals surface area contributed by atoms with Crippen molar-refractivity contribution in [3.63, 3.8) is 0 Å². The molecule has 116 valence electrons. The molecule has 3 nitrogen and oxygen atoms in total. The predicted octanol–water partition coefficient (Wildman–Crippen LogP) is 4.08. The quantitative estimate of drug-likeness (QED) is 0.890. The molecule has 0 radical (unpaired) electrons. The number of aromatic nitrogens is 1. The van der Waals surface area contributed by atoms with Gasteiger partial charge in [0.25, 0.3) is 0 Å². The Labute approximate surface area is 140 Å². The zero-order chi connectivity index (χ0) is 15.5. The summed E-state index contributed by atoms with van der Waals surface area (Å²) in [6.45, 7) is 7.62. The molecule has 3 rings (SSSR count). The molecule has 0 amide bonds. The van der Waals surface area contributed by atoms with E-state index in [9.17, 15) is 0 Å². The number of nitrogens with zero attached hydrogens (tertiary/aromatic N) is 2. The Morgan fingerprint density at radius 3 is 2.77 bits per heavy atom. The molecular formula is C18H22BrN3. The van der Waals surface area contributed by atoms with Gasteiger partial charge in [0, 0.05) is 36.3 Å². The summed E-state index contributed by atoms with van der Waals surface area (Å²) in [7, 11) is 0. The SMILES string of the molecule is Cc1cc(NC2CN(Cc3ccccc3)CC2C)ncc1Br. The van der Waals surface area contributed by atoms with Gasteiger partial charge in [0.15, 0.2) is 0 Å². The van der Waals surface area contributed by atoms with E-state index in [4.69, 9.17) is 0 Å². The van der Waals surface area contributed by atoms with Crippen molar-refractivity contribution in [1.82, 2.24) is 9.88 Å². The third kappa shape index (κ3) is 3.68. The second kappa shape index (κ2) is 6.80. The molecule has 2 aromatic rings. The second-order valence-electron chi connectivity index (χ2n) is 6.23. The van der Waals surface area contributed by atoms with Crippen molar-refractivity contribution in [2.45, 2.75) is 26.4 Å². The molecule has 2 unspecified atom stereocenters. The van der Waals surface area contributed by atoms with E-state index in [2.05, 4.69) is 81.4 Å². The average molecular weight is 360 g/mol. The molecule has 1 aromatic carbocycles. The highest BCUT2D eigenvalue weighted by Crippen LogP contribution is 2.23. The van der Waals surface area contributed by atoms with Crippen LogP contribution >= 0.6 is 15.9 Å². The summed E-state index contributed by atoms with van der Waals surface area (Å²) in [4.78, 5) is 6.99. The van der Waals surface area contributed by atoms with Crippen LogP contribution in [0, 0.1) is 12.8 Å². The number of halogens is 1. The van der Waals surface area contributed by atoms with Crippen LogP contribution in [0.25, 0.3) is 0 Å². The van der Waals surface area contributed by atoms with Gasteiger partial charge in [-0.2, -0.15) is 0 Å². The van der Waals surface area contributed by atoms with E-state index in [0.29, 0.717) is 12.0 Å². The first-order valence-corrected chi connectivity index (χ1v) is 8.56. The molecule has 1 saturated heterocycles. The van der Waals surface area contributed by atoms with Crippen molar-refractivity contribution in [3.05, 3.63) is 58.2 Å². The van der Waals surface area contributed by atoms with Gasteiger partial charge in [0.05, 0.1) is 0 Å². The Morgan fingerprint density at radius 2 is 2.05 bits per heavy atom. The molecule has 0 aliphatic carbocycles. The first kappa shape index (κ1) is 15.5. The third-order valence-electron chi connectivity index (χ3n) is 4.32. The number of hydrogen-bond acceptors (Lipinski definition) is 3. The fraction of sp³-hybridized carbons (Fsp3) is 0.389. The highest BCUT2D eigenvalue weighted by atomic mass is 79.9. The molecule has 1 aliphatic rings. The molecule has 2 heterocycles. The van der Waals surface area contributed by atoms with Gasteiger partial charge in [-0.15, -0.1) is 0 Å². The lowest BCUT2D eigenvalue weighted by Gasteiger charge is -2.18. The molecular weight excluding hydrogens is 338 g/mol. The maximum absolute atomic E-state index is 4.47. The fourth-order valence-corrected chi connectivity index (χ4v) is 3.25. The highest BCUT2D eigenvalue weighted by molar-refractivity contribution is 9.10. The number of nitrogens with one attached hydrogen (secondary N) is 1. The molecule has 0 saturated carbocycles. The van der Waals surface area contributed by atoms with Crippen LogP contribution in [0.2, 0.25) is 0 Å². The molecule has 0 spiro atoms. The van der Waals surface area contributed by atoms with E-state index in [1.807, 2.05) is 6.20 Å². The van der Waals surface area contributed by atoms with Crippen molar-refractivity contribution < 1.29 is 0 Å². The monoisotopic (exact) mass is 359 g/mol. The van der Waals surface area contributed by atoms with Gasteiger partial charge in [0.1, 0.15) is 5.82 Å². The molecule has 1 fully saturated rings. The van der Waals surface area contributed by atoms with Crippen LogP contribution in [0.3, 0.4) is 0 Å². The normalized spacial score (nSPS) is 22.0. The molecule has 22 heavy (non-hydrogen) atoms. The average Bonchev–Trinajstić information content (AvgIpc) is 2.84. The number of anilines is 1. The van der Waals surface area contributed by atoms with Crippen LogP contribution in [-0.2, 0) is 6.54 Å². The Balaban J connectivity index is 1.62. The van der Waals surface area contributed by atoms with Crippen molar-refractivity contribution in [3.8, 4) is 0 Å². The minimum atomic E-state index is 0.455. The van der Waals surface area contributed by atoms with Crippen LogP contribution in [0.5, 0.6) is 0 Å². The van der Waals surface area contributed by atoms with Crippen molar-refractivity contribution in [1.29, 1.82) is 0 Å². The van der Waals surface area contributed by atoms with E-state index in [1.54, 1.807) is 0 Å². The Bertz CT molecular complexity index is 629. The minimum absolute atomic E-state index is 0.455. The van der Waals surface area contributed by atoms with Crippen LogP contribution < -0.4 is 5.32 Å². The Hall–Kier alpha value is -1.39. The number of hydrogen-bond donors (Lipinski definition) is 1. The molecule has 4 heteroatoms. The van der Waals surface area contributed by atoms with E-state index < -0.39 is 0 Å². The summed E-state index contributed by atoms with van der Waals surface area (Å²) in [5.41, 5.74) is 2.59. The Morgan fingerprint density at radius 1 is 1.27 bits per heavy atom. The van der Waals surface area contributed by atoms with Crippen molar-refractivity contribution in [2.24, 2.45) is 5.92 Å². The lowest BCUT2D eigenvalue weighted by atomic mass is 10.1. The molecule has 0 bridgehead atoms. The standard InChI is InChI=1S/C18H22BrN3/c1-13-8-18(20-9-16(13)19)21-17-12-22(10-14(17)2)11-15-6-4-3-5-7-15/h3-9,14,17H,10-12H2,1-2H3,(H,20,21). The molecule has 1 N–H and O–H groups in total. The summed E-state index contributed by atoms with van der Waals surface area (Å²) in [5, 5.41) is 3.60. The van der Waals surface area contributed by atoms with Crippen molar-refractivity contribution in [2.75, 3.05) is 18.4 Å². The van der Waals surface area contributed by atoms with Gasteiger partial charge in [0.2, 0.25) is 0 Å². The number of aryl methyl sites for hydroxylation is 1. The van der Waals surface area contributed by atoms with Crippen LogP contribution in [0.4, 0.5) is 5.82 Å². The Kier molecular flexibility index (Phi) is 4.79. The maximum Gasteiger partial charge on any atom is 0.126 e. The van der Waals surface area contributed by atoms with Gasteiger partial charge in [-0.3, -0.25) is 4.90 Å². The van der Waals surface area contributed by atoms with E-state index >= 15 is 0 Å². The summed E-state index contributed by atoms with van der Waals surface area (Å²) >= 11 is 3.50. The zero-order valence-corrected chi connectivity index (χ0v) is 14.7. The van der Waals surface area contributed by atoms with Crippen LogP contribution in [0.15, 0.2) is 47.1 Å². The number of rotatable bonds is 4. The third-order valence-corrected chi connectivity index (χ3v) is 5.15. The maximum atomic E-state index is 4.47. The van der Waals surface area contributed by atoms with Gasteiger partial charge >= 0.3 is 0 Å². The van der Waals surface area contributed by atoms with E-state index in [0.717, 1.165) is 29.9 Å². The lowest BCUT2D eigenvalue weighted by molar-refractivity contribution is 0.319. The van der Waals surface area contributed by atoms with Gasteiger partial charge < -0.3 is 5.32 Å². The topological polar surface area (TPSA) is 28.2 Å². The summed E-state index contributed by atoms with van der Waals surface area (Å²) in [6, 6.07) is 13.3. The minimum Gasteiger partial charge on any atom is -0.366 e. The fourth-order valence-electron chi connectivity index (χ4n) is 3.03. The first-order valence-electron chi connectivity index (χ1n) is 7.77. The molecule has 2 atom stereocenters. The first-order chi connectivity index (χ1) is 10.6. The van der Waals surface area contributed by atoms with E-state index in [1.165, 1.54) is 11.1 Å². The van der Waals surface area contributed by atoms with Gasteiger partial charge in [-0.25, -0.2) is 4.98 Å².